The largest absolute Gasteiger partial charge is 0.491 e. The SMILES string of the molecule is Cc1ccc2cccc(OCC3CCNC3)c2n1. The van der Waals surface area contributed by atoms with Crippen LogP contribution in [-0.4, -0.2) is 24.7 Å². The third kappa shape index (κ3) is 2.31. The number of fused-ring (bicyclic) bond motifs is 1. The number of rotatable bonds is 3. The molecular weight excluding hydrogens is 224 g/mol. The summed E-state index contributed by atoms with van der Waals surface area (Å²) in [5, 5.41) is 4.50. The third-order valence-corrected chi connectivity index (χ3v) is 3.46. The number of nitrogens with one attached hydrogen (secondary N) is 1. The van der Waals surface area contributed by atoms with Crippen molar-refractivity contribution in [3.05, 3.63) is 36.0 Å². The Balaban J connectivity index is 1.84. The number of para-hydroxylation sites is 1. The van der Waals surface area contributed by atoms with Crippen molar-refractivity contribution in [2.45, 2.75) is 13.3 Å². The lowest BCUT2D eigenvalue weighted by Crippen LogP contribution is -2.15. The van der Waals surface area contributed by atoms with Gasteiger partial charge in [0, 0.05) is 23.5 Å². The lowest BCUT2D eigenvalue weighted by Gasteiger charge is -2.12. The Morgan fingerprint density at radius 3 is 3.11 bits per heavy atom. The van der Waals surface area contributed by atoms with Crippen LogP contribution < -0.4 is 10.1 Å². The van der Waals surface area contributed by atoms with Gasteiger partial charge in [-0.15, -0.1) is 0 Å². The molecule has 1 aliphatic heterocycles. The van der Waals surface area contributed by atoms with Crippen molar-refractivity contribution in [1.82, 2.24) is 10.3 Å². The highest BCUT2D eigenvalue weighted by atomic mass is 16.5. The van der Waals surface area contributed by atoms with E-state index in [4.69, 9.17) is 4.74 Å². The van der Waals surface area contributed by atoms with E-state index in [1.807, 2.05) is 25.1 Å². The first kappa shape index (κ1) is 11.5. The molecule has 3 heteroatoms. The van der Waals surface area contributed by atoms with E-state index in [0.717, 1.165) is 42.0 Å². The van der Waals surface area contributed by atoms with Crippen molar-refractivity contribution < 1.29 is 4.74 Å². The maximum Gasteiger partial charge on any atom is 0.145 e. The van der Waals surface area contributed by atoms with Crippen molar-refractivity contribution in [3.8, 4) is 5.75 Å². The monoisotopic (exact) mass is 242 g/mol. The highest BCUT2D eigenvalue weighted by Gasteiger charge is 2.15. The number of aryl methyl sites for hydroxylation is 1. The first-order valence-electron chi connectivity index (χ1n) is 6.53. The summed E-state index contributed by atoms with van der Waals surface area (Å²) in [5.74, 6) is 1.54. The summed E-state index contributed by atoms with van der Waals surface area (Å²) in [6, 6.07) is 10.2. The Labute approximate surface area is 107 Å². The van der Waals surface area contributed by atoms with Gasteiger partial charge in [0.1, 0.15) is 11.3 Å². The van der Waals surface area contributed by atoms with Crippen LogP contribution in [-0.2, 0) is 0 Å². The van der Waals surface area contributed by atoms with E-state index in [0.29, 0.717) is 5.92 Å². The maximum atomic E-state index is 5.96. The number of nitrogens with zero attached hydrogens (tertiary/aromatic N) is 1. The van der Waals surface area contributed by atoms with Gasteiger partial charge in [0.2, 0.25) is 0 Å². The lowest BCUT2D eigenvalue weighted by atomic mass is 10.1. The Hall–Kier alpha value is -1.61. The first-order chi connectivity index (χ1) is 8.83. The van der Waals surface area contributed by atoms with Gasteiger partial charge in [0.25, 0.3) is 0 Å². The molecule has 1 fully saturated rings. The fourth-order valence-electron chi connectivity index (χ4n) is 2.40. The molecule has 1 aliphatic rings. The van der Waals surface area contributed by atoms with Gasteiger partial charge < -0.3 is 10.1 Å². The van der Waals surface area contributed by atoms with Gasteiger partial charge in [-0.1, -0.05) is 18.2 Å². The van der Waals surface area contributed by atoms with Crippen molar-refractivity contribution in [1.29, 1.82) is 0 Å². The Bertz CT molecular complexity index is 547. The predicted octanol–water partition coefficient (Wildman–Crippen LogP) is 2.53. The molecule has 2 heterocycles. The normalized spacial score (nSPS) is 19.3. The number of ether oxygens (including phenoxy) is 1. The second-order valence-corrected chi connectivity index (χ2v) is 4.95. The van der Waals surface area contributed by atoms with E-state index in [1.165, 1.54) is 6.42 Å². The zero-order valence-corrected chi connectivity index (χ0v) is 10.6. The number of hydrogen-bond acceptors (Lipinski definition) is 3. The van der Waals surface area contributed by atoms with Gasteiger partial charge in [-0.25, -0.2) is 4.98 Å². The smallest absolute Gasteiger partial charge is 0.145 e. The molecule has 1 unspecified atom stereocenters. The molecule has 94 valence electrons. The summed E-state index contributed by atoms with van der Waals surface area (Å²) in [6.45, 7) is 4.97. The van der Waals surface area contributed by atoms with E-state index in [9.17, 15) is 0 Å². The third-order valence-electron chi connectivity index (χ3n) is 3.46. The summed E-state index contributed by atoms with van der Waals surface area (Å²) in [7, 11) is 0. The van der Waals surface area contributed by atoms with E-state index in [-0.39, 0.29) is 0 Å². The van der Waals surface area contributed by atoms with Crippen LogP contribution >= 0.6 is 0 Å². The number of benzene rings is 1. The zero-order chi connectivity index (χ0) is 12.4. The quantitative estimate of drug-likeness (QED) is 0.898. The fourth-order valence-corrected chi connectivity index (χ4v) is 2.40. The van der Waals surface area contributed by atoms with Gasteiger partial charge in [-0.2, -0.15) is 0 Å². The summed E-state index contributed by atoms with van der Waals surface area (Å²) in [4.78, 5) is 4.58. The molecule has 1 aromatic heterocycles. The second-order valence-electron chi connectivity index (χ2n) is 4.95. The molecule has 1 N–H and O–H groups in total. The number of hydrogen-bond donors (Lipinski definition) is 1. The van der Waals surface area contributed by atoms with Crippen LogP contribution in [0.4, 0.5) is 0 Å². The average molecular weight is 242 g/mol. The van der Waals surface area contributed by atoms with Gasteiger partial charge in [-0.05, 0) is 32.0 Å². The Morgan fingerprint density at radius 1 is 1.33 bits per heavy atom. The van der Waals surface area contributed by atoms with Crippen molar-refractivity contribution in [3.63, 3.8) is 0 Å². The molecular formula is C15H18N2O. The minimum absolute atomic E-state index is 0.630. The number of pyridine rings is 1. The van der Waals surface area contributed by atoms with Crippen LogP contribution in [0.1, 0.15) is 12.1 Å². The van der Waals surface area contributed by atoms with Gasteiger partial charge in [-0.3, -0.25) is 0 Å². The summed E-state index contributed by atoms with van der Waals surface area (Å²) >= 11 is 0. The predicted molar refractivity (Wildman–Crippen MR) is 73.0 cm³/mol. The molecule has 1 aromatic carbocycles. The molecule has 18 heavy (non-hydrogen) atoms. The Kier molecular flexibility index (Phi) is 3.15. The van der Waals surface area contributed by atoms with E-state index >= 15 is 0 Å². The molecule has 1 atom stereocenters. The lowest BCUT2D eigenvalue weighted by molar-refractivity contribution is 0.262. The second kappa shape index (κ2) is 4.94. The molecule has 0 radical (unpaired) electrons. The molecule has 2 aromatic rings. The Morgan fingerprint density at radius 2 is 2.28 bits per heavy atom. The molecule has 0 amide bonds. The molecule has 0 spiro atoms. The molecule has 1 saturated heterocycles. The molecule has 0 saturated carbocycles. The van der Waals surface area contributed by atoms with Gasteiger partial charge in [0.15, 0.2) is 0 Å². The molecule has 0 bridgehead atoms. The van der Waals surface area contributed by atoms with E-state index in [1.54, 1.807) is 0 Å². The fraction of sp³-hybridized carbons (Fsp3) is 0.400. The minimum Gasteiger partial charge on any atom is -0.491 e. The van der Waals surface area contributed by atoms with Crippen LogP contribution in [0.15, 0.2) is 30.3 Å². The van der Waals surface area contributed by atoms with Crippen molar-refractivity contribution in [2.75, 3.05) is 19.7 Å². The van der Waals surface area contributed by atoms with E-state index < -0.39 is 0 Å². The topological polar surface area (TPSA) is 34.1 Å². The first-order valence-corrected chi connectivity index (χ1v) is 6.53. The maximum absolute atomic E-state index is 5.96. The van der Waals surface area contributed by atoms with Crippen LogP contribution in [0.5, 0.6) is 5.75 Å². The average Bonchev–Trinajstić information content (AvgIpc) is 2.89. The standard InChI is InChI=1S/C15H18N2O/c1-11-5-6-13-3-2-4-14(15(13)17-11)18-10-12-7-8-16-9-12/h2-6,12,16H,7-10H2,1H3. The van der Waals surface area contributed by atoms with Gasteiger partial charge >= 0.3 is 0 Å². The number of aromatic nitrogens is 1. The highest BCUT2D eigenvalue weighted by Crippen LogP contribution is 2.24. The molecule has 0 aliphatic carbocycles. The van der Waals surface area contributed by atoms with Crippen LogP contribution in [0.3, 0.4) is 0 Å². The minimum atomic E-state index is 0.630. The highest BCUT2D eigenvalue weighted by molar-refractivity contribution is 5.84. The summed E-state index contributed by atoms with van der Waals surface area (Å²) in [6.07, 6.45) is 1.21. The van der Waals surface area contributed by atoms with E-state index in [2.05, 4.69) is 22.4 Å². The van der Waals surface area contributed by atoms with Crippen LogP contribution in [0.25, 0.3) is 10.9 Å². The van der Waals surface area contributed by atoms with Crippen molar-refractivity contribution in [2.24, 2.45) is 5.92 Å². The zero-order valence-electron chi connectivity index (χ0n) is 10.6. The summed E-state index contributed by atoms with van der Waals surface area (Å²) in [5.41, 5.74) is 2.00. The van der Waals surface area contributed by atoms with Gasteiger partial charge in [0.05, 0.1) is 6.61 Å². The van der Waals surface area contributed by atoms with Crippen LogP contribution in [0.2, 0.25) is 0 Å². The summed E-state index contributed by atoms with van der Waals surface area (Å²) < 4.78 is 5.96. The van der Waals surface area contributed by atoms with Crippen LogP contribution in [0, 0.1) is 12.8 Å². The molecule has 3 rings (SSSR count). The molecule has 3 nitrogen and oxygen atoms in total. The van der Waals surface area contributed by atoms with Crippen molar-refractivity contribution >= 4 is 10.9 Å².